The lowest BCUT2D eigenvalue weighted by molar-refractivity contribution is -0.134. The SMILES string of the molecule is O=C(CCS(=O)(=O)N1CCOCC1)N1CCOCC1. The van der Waals surface area contributed by atoms with Crippen molar-refractivity contribution in [2.45, 2.75) is 6.42 Å². The molecule has 0 radical (unpaired) electrons. The molecule has 0 aromatic heterocycles. The first kappa shape index (κ1) is 14.7. The molecule has 2 saturated heterocycles. The summed E-state index contributed by atoms with van der Waals surface area (Å²) in [7, 11) is -3.34. The molecule has 2 fully saturated rings. The molecule has 7 nitrogen and oxygen atoms in total. The van der Waals surface area contributed by atoms with Gasteiger partial charge >= 0.3 is 0 Å². The van der Waals surface area contributed by atoms with Gasteiger partial charge in [0.15, 0.2) is 0 Å². The minimum atomic E-state index is -3.34. The maximum atomic E-state index is 12.0. The van der Waals surface area contributed by atoms with Gasteiger partial charge in [0.05, 0.1) is 32.2 Å². The van der Waals surface area contributed by atoms with E-state index in [4.69, 9.17) is 9.47 Å². The molecule has 0 aliphatic carbocycles. The third-order valence-electron chi connectivity index (χ3n) is 3.30. The van der Waals surface area contributed by atoms with Crippen molar-refractivity contribution in [1.82, 2.24) is 9.21 Å². The smallest absolute Gasteiger partial charge is 0.223 e. The zero-order chi connectivity index (χ0) is 13.7. The fraction of sp³-hybridized carbons (Fsp3) is 0.909. The zero-order valence-electron chi connectivity index (χ0n) is 10.9. The molecule has 2 aliphatic heterocycles. The molecule has 2 rings (SSSR count). The summed E-state index contributed by atoms with van der Waals surface area (Å²) in [6.07, 6.45) is 0.0414. The number of nitrogens with zero attached hydrogens (tertiary/aromatic N) is 2. The zero-order valence-corrected chi connectivity index (χ0v) is 11.7. The van der Waals surface area contributed by atoms with Gasteiger partial charge in [0.2, 0.25) is 15.9 Å². The molecule has 0 bridgehead atoms. The molecule has 0 spiro atoms. The molecular weight excluding hydrogens is 272 g/mol. The molecule has 8 heteroatoms. The van der Waals surface area contributed by atoms with Crippen LogP contribution in [0.3, 0.4) is 0 Å². The van der Waals surface area contributed by atoms with Crippen molar-refractivity contribution in [3.63, 3.8) is 0 Å². The molecule has 0 unspecified atom stereocenters. The van der Waals surface area contributed by atoms with E-state index >= 15 is 0 Å². The lowest BCUT2D eigenvalue weighted by Crippen LogP contribution is -2.44. The molecule has 19 heavy (non-hydrogen) atoms. The Morgan fingerprint density at radius 2 is 1.47 bits per heavy atom. The Hall–Kier alpha value is -0.700. The van der Waals surface area contributed by atoms with Crippen LogP contribution in [0, 0.1) is 0 Å². The monoisotopic (exact) mass is 292 g/mol. The van der Waals surface area contributed by atoms with Crippen molar-refractivity contribution in [3.05, 3.63) is 0 Å². The second-order valence-electron chi connectivity index (χ2n) is 4.57. The Morgan fingerprint density at radius 3 is 2.05 bits per heavy atom. The van der Waals surface area contributed by atoms with Crippen LogP contribution in [0.25, 0.3) is 0 Å². The highest BCUT2D eigenvalue weighted by molar-refractivity contribution is 7.89. The van der Waals surface area contributed by atoms with E-state index in [2.05, 4.69) is 0 Å². The molecule has 0 N–H and O–H groups in total. The second kappa shape index (κ2) is 6.65. The lowest BCUT2D eigenvalue weighted by Gasteiger charge is -2.28. The Balaban J connectivity index is 1.81. The van der Waals surface area contributed by atoms with E-state index in [1.54, 1.807) is 4.90 Å². The van der Waals surface area contributed by atoms with Crippen molar-refractivity contribution < 1.29 is 22.7 Å². The highest BCUT2D eigenvalue weighted by Gasteiger charge is 2.26. The number of carbonyl (C=O) groups excluding carboxylic acids is 1. The number of ether oxygens (including phenoxy) is 2. The van der Waals surface area contributed by atoms with E-state index in [9.17, 15) is 13.2 Å². The molecule has 0 aromatic rings. The summed E-state index contributed by atoms with van der Waals surface area (Å²) in [5.41, 5.74) is 0. The predicted molar refractivity (Wildman–Crippen MR) is 68.2 cm³/mol. The van der Waals surface area contributed by atoms with Crippen molar-refractivity contribution in [2.75, 3.05) is 58.4 Å². The minimum absolute atomic E-state index is 0.0414. The van der Waals surface area contributed by atoms with Crippen LogP contribution in [0.4, 0.5) is 0 Å². The van der Waals surface area contributed by atoms with Crippen molar-refractivity contribution in [2.24, 2.45) is 0 Å². The summed E-state index contributed by atoms with van der Waals surface area (Å²) in [6.45, 7) is 3.78. The largest absolute Gasteiger partial charge is 0.379 e. The van der Waals surface area contributed by atoms with Crippen molar-refractivity contribution in [1.29, 1.82) is 0 Å². The van der Waals surface area contributed by atoms with E-state index in [1.165, 1.54) is 4.31 Å². The molecule has 2 heterocycles. The van der Waals surface area contributed by atoms with Crippen molar-refractivity contribution >= 4 is 15.9 Å². The van der Waals surface area contributed by atoms with Gasteiger partial charge in [0.1, 0.15) is 0 Å². The standard InChI is InChI=1S/C11H20N2O5S/c14-11(12-2-6-17-7-3-12)1-10-19(15,16)13-4-8-18-9-5-13/h1-10H2. The molecule has 0 aromatic carbocycles. The molecule has 0 atom stereocenters. The highest BCUT2D eigenvalue weighted by atomic mass is 32.2. The van der Waals surface area contributed by atoms with Crippen LogP contribution in [0.5, 0.6) is 0 Å². The normalized spacial score (nSPS) is 22.4. The minimum Gasteiger partial charge on any atom is -0.379 e. The fourth-order valence-electron chi connectivity index (χ4n) is 2.14. The van der Waals surface area contributed by atoms with Gasteiger partial charge in [-0.3, -0.25) is 4.79 Å². The molecular formula is C11H20N2O5S. The lowest BCUT2D eigenvalue weighted by atomic mass is 10.3. The number of hydrogen-bond donors (Lipinski definition) is 0. The van der Waals surface area contributed by atoms with Crippen LogP contribution in [0.1, 0.15) is 6.42 Å². The first-order chi connectivity index (χ1) is 9.09. The summed E-state index contributed by atoms with van der Waals surface area (Å²) in [4.78, 5) is 13.6. The number of carbonyl (C=O) groups is 1. The highest BCUT2D eigenvalue weighted by Crippen LogP contribution is 2.08. The van der Waals surface area contributed by atoms with Crippen LogP contribution in [-0.2, 0) is 24.3 Å². The Bertz CT molecular complexity index is 399. The topological polar surface area (TPSA) is 76.2 Å². The van der Waals surface area contributed by atoms with Gasteiger partial charge in [-0.05, 0) is 0 Å². The predicted octanol–water partition coefficient (Wildman–Crippen LogP) is -1.10. The first-order valence-corrected chi connectivity index (χ1v) is 8.11. The van der Waals surface area contributed by atoms with E-state index in [0.29, 0.717) is 52.6 Å². The van der Waals surface area contributed by atoms with Gasteiger partial charge in [-0.1, -0.05) is 0 Å². The number of rotatable bonds is 4. The van der Waals surface area contributed by atoms with Crippen LogP contribution < -0.4 is 0 Å². The third kappa shape index (κ3) is 4.13. The van der Waals surface area contributed by atoms with E-state index in [-0.39, 0.29) is 18.1 Å². The quantitative estimate of drug-likeness (QED) is 0.657. The summed E-state index contributed by atoms with van der Waals surface area (Å²) in [5.74, 6) is -0.233. The number of morpholine rings is 2. The van der Waals surface area contributed by atoms with Crippen LogP contribution in [0.2, 0.25) is 0 Å². The van der Waals surface area contributed by atoms with Crippen LogP contribution in [0.15, 0.2) is 0 Å². The van der Waals surface area contributed by atoms with Gasteiger partial charge < -0.3 is 14.4 Å². The molecule has 2 aliphatic rings. The number of hydrogen-bond acceptors (Lipinski definition) is 5. The van der Waals surface area contributed by atoms with Crippen LogP contribution in [-0.4, -0.2) is 81.9 Å². The van der Waals surface area contributed by atoms with Gasteiger partial charge in [0.25, 0.3) is 0 Å². The van der Waals surface area contributed by atoms with Gasteiger partial charge in [-0.2, -0.15) is 4.31 Å². The summed E-state index contributed by atoms with van der Waals surface area (Å²) in [5, 5.41) is 0. The van der Waals surface area contributed by atoms with Gasteiger partial charge in [-0.15, -0.1) is 0 Å². The summed E-state index contributed by atoms with van der Waals surface area (Å²) >= 11 is 0. The second-order valence-corrected chi connectivity index (χ2v) is 6.66. The third-order valence-corrected chi connectivity index (χ3v) is 5.17. The summed E-state index contributed by atoms with van der Waals surface area (Å²) < 4.78 is 35.8. The maximum absolute atomic E-state index is 12.0. The maximum Gasteiger partial charge on any atom is 0.223 e. The fourth-order valence-corrected chi connectivity index (χ4v) is 3.54. The Labute approximate surface area is 113 Å². The average Bonchev–Trinajstić information content (AvgIpc) is 2.47. The number of sulfonamides is 1. The number of amides is 1. The van der Waals surface area contributed by atoms with Crippen LogP contribution >= 0.6 is 0 Å². The van der Waals surface area contributed by atoms with Gasteiger partial charge in [-0.25, -0.2) is 8.42 Å². The van der Waals surface area contributed by atoms with Crippen molar-refractivity contribution in [3.8, 4) is 0 Å². The van der Waals surface area contributed by atoms with E-state index < -0.39 is 10.0 Å². The van der Waals surface area contributed by atoms with E-state index in [0.717, 1.165) is 0 Å². The Kier molecular flexibility index (Phi) is 5.14. The summed E-state index contributed by atoms with van der Waals surface area (Å²) in [6, 6.07) is 0. The van der Waals surface area contributed by atoms with Gasteiger partial charge in [0, 0.05) is 32.6 Å². The van der Waals surface area contributed by atoms with E-state index in [1.807, 2.05) is 0 Å². The molecule has 0 saturated carbocycles. The first-order valence-electron chi connectivity index (χ1n) is 6.51. The Morgan fingerprint density at radius 1 is 0.947 bits per heavy atom. The average molecular weight is 292 g/mol. The molecule has 110 valence electrons. The molecule has 1 amide bonds.